The Morgan fingerprint density at radius 2 is 2.20 bits per heavy atom. The van der Waals surface area contributed by atoms with Crippen LogP contribution in [0, 0.1) is 5.41 Å². The molecule has 5 heteroatoms. The molecule has 0 spiro atoms. The van der Waals surface area contributed by atoms with E-state index in [0.717, 1.165) is 5.57 Å². The third-order valence-corrected chi connectivity index (χ3v) is 1.77. The lowest BCUT2D eigenvalue weighted by atomic mass is 9.86. The summed E-state index contributed by atoms with van der Waals surface area (Å²) in [5.41, 5.74) is 5.46. The maximum absolute atomic E-state index is 10.7. The highest BCUT2D eigenvalue weighted by Gasteiger charge is 2.25. The van der Waals surface area contributed by atoms with E-state index in [1.165, 1.54) is 6.26 Å². The van der Waals surface area contributed by atoms with Gasteiger partial charge in [-0.05, 0) is 22.7 Å². The predicted octanol–water partition coefficient (Wildman–Crippen LogP) is 1.91. The van der Waals surface area contributed by atoms with Crippen LogP contribution in [0.15, 0.2) is 29.1 Å². The Kier molecular flexibility index (Phi) is 3.14. The van der Waals surface area contributed by atoms with E-state index in [2.05, 4.69) is 5.16 Å². The number of primary amides is 1. The molecule has 0 aliphatic carbocycles. The fourth-order valence-electron chi connectivity index (χ4n) is 1.11. The smallest absolute Gasteiger partial charge is 0.388 e. The zero-order valence-electron chi connectivity index (χ0n) is 8.98. The van der Waals surface area contributed by atoms with E-state index in [1.807, 2.05) is 20.8 Å². The van der Waals surface area contributed by atoms with Crippen LogP contribution >= 0.6 is 0 Å². The number of nitrogens with zero attached hydrogens (tertiary/aromatic N) is 1. The van der Waals surface area contributed by atoms with Gasteiger partial charge in [-0.3, -0.25) is 0 Å². The van der Waals surface area contributed by atoms with Gasteiger partial charge in [0, 0.05) is 5.57 Å². The van der Waals surface area contributed by atoms with Gasteiger partial charge in [-0.15, -0.1) is 0 Å². The Labute approximate surface area is 88.2 Å². The minimum absolute atomic E-state index is 0.0972. The molecule has 0 atom stereocenters. The first-order valence-electron chi connectivity index (χ1n) is 4.50. The zero-order chi connectivity index (χ0) is 11.5. The molecule has 0 aromatic rings. The van der Waals surface area contributed by atoms with Crippen molar-refractivity contribution in [3.8, 4) is 0 Å². The number of carbonyl (C=O) groups excluding carboxylic acids is 1. The number of allylic oxidation sites excluding steroid dienone is 2. The molecular weight excluding hydrogens is 196 g/mol. The van der Waals surface area contributed by atoms with Gasteiger partial charge in [-0.2, -0.15) is 0 Å². The van der Waals surface area contributed by atoms with Crippen LogP contribution < -0.4 is 5.73 Å². The molecule has 0 radical (unpaired) electrons. The first-order chi connectivity index (χ1) is 6.91. The maximum Gasteiger partial charge on any atom is 0.411 e. The molecular formula is C10H14N2O3. The number of amides is 1. The fourth-order valence-corrected chi connectivity index (χ4v) is 1.11. The second-order valence-electron chi connectivity index (χ2n) is 4.08. The van der Waals surface area contributed by atoms with E-state index >= 15 is 0 Å². The van der Waals surface area contributed by atoms with E-state index in [9.17, 15) is 4.79 Å². The Hall–Kier alpha value is -1.78. The van der Waals surface area contributed by atoms with E-state index < -0.39 is 6.09 Å². The largest absolute Gasteiger partial charge is 0.411 e. The van der Waals surface area contributed by atoms with Crippen molar-refractivity contribution < 1.29 is 14.4 Å². The predicted molar refractivity (Wildman–Crippen MR) is 55.9 cm³/mol. The summed E-state index contributed by atoms with van der Waals surface area (Å²) in [5.74, 6) is 0.0972. The molecule has 0 bridgehead atoms. The van der Waals surface area contributed by atoms with Crippen molar-refractivity contribution in [1.29, 1.82) is 0 Å². The summed E-state index contributed by atoms with van der Waals surface area (Å²) in [6.07, 6.45) is 3.94. The molecule has 0 saturated carbocycles. The third kappa shape index (κ3) is 3.12. The van der Waals surface area contributed by atoms with Gasteiger partial charge in [0.1, 0.15) is 6.26 Å². The Balaban J connectivity index is 3.01. The molecule has 0 aromatic carbocycles. The third-order valence-electron chi connectivity index (χ3n) is 1.77. The van der Waals surface area contributed by atoms with Crippen LogP contribution in [0.3, 0.4) is 0 Å². The molecule has 0 fully saturated rings. The Bertz CT molecular complexity index is 348. The van der Waals surface area contributed by atoms with Crippen LogP contribution in [-0.4, -0.2) is 12.0 Å². The van der Waals surface area contributed by atoms with Gasteiger partial charge in [0.25, 0.3) is 5.90 Å². The molecule has 15 heavy (non-hydrogen) atoms. The van der Waals surface area contributed by atoms with Crippen LogP contribution in [-0.2, 0) is 9.57 Å². The molecule has 82 valence electrons. The number of carbonyl (C=O) groups is 1. The van der Waals surface area contributed by atoms with E-state index in [-0.39, 0.29) is 11.3 Å². The normalized spacial score (nSPS) is 15.9. The molecule has 2 N–H and O–H groups in total. The van der Waals surface area contributed by atoms with Crippen LogP contribution in [0.2, 0.25) is 0 Å². The van der Waals surface area contributed by atoms with Gasteiger partial charge in [-0.25, -0.2) is 4.79 Å². The number of hydrogen-bond donors (Lipinski definition) is 1. The Morgan fingerprint density at radius 1 is 1.53 bits per heavy atom. The number of ether oxygens (including phenoxy) is 1. The molecule has 0 unspecified atom stereocenters. The monoisotopic (exact) mass is 210 g/mol. The van der Waals surface area contributed by atoms with Gasteiger partial charge in [-0.1, -0.05) is 20.8 Å². The second-order valence-corrected chi connectivity index (χ2v) is 4.08. The average Bonchev–Trinajstić information content (AvgIpc) is 2.27. The van der Waals surface area contributed by atoms with Crippen LogP contribution in [0.1, 0.15) is 20.8 Å². The zero-order valence-corrected chi connectivity index (χ0v) is 8.98. The number of rotatable bonds is 0. The quantitative estimate of drug-likeness (QED) is 0.663. The molecule has 1 aliphatic heterocycles. The topological polar surface area (TPSA) is 73.9 Å². The maximum atomic E-state index is 10.7. The van der Waals surface area contributed by atoms with Crippen molar-refractivity contribution in [2.75, 3.05) is 0 Å². The van der Waals surface area contributed by atoms with E-state index in [0.29, 0.717) is 0 Å². The summed E-state index contributed by atoms with van der Waals surface area (Å²) in [4.78, 5) is 15.4. The molecule has 0 saturated heterocycles. The molecule has 1 aliphatic rings. The van der Waals surface area contributed by atoms with Crippen molar-refractivity contribution in [2.45, 2.75) is 20.8 Å². The molecule has 0 aromatic heterocycles. The van der Waals surface area contributed by atoms with Gasteiger partial charge < -0.3 is 15.3 Å². The van der Waals surface area contributed by atoms with Gasteiger partial charge in [0.05, 0.1) is 0 Å². The van der Waals surface area contributed by atoms with Crippen LogP contribution in [0.25, 0.3) is 0 Å². The molecule has 1 heterocycles. The second kappa shape index (κ2) is 4.16. The highest BCUT2D eigenvalue weighted by atomic mass is 16.7. The number of oxime groups is 1. The van der Waals surface area contributed by atoms with Crippen molar-refractivity contribution in [2.24, 2.45) is 16.3 Å². The van der Waals surface area contributed by atoms with Crippen molar-refractivity contribution >= 4 is 12.0 Å². The lowest BCUT2D eigenvalue weighted by Crippen LogP contribution is -2.25. The Morgan fingerprint density at radius 3 is 2.73 bits per heavy atom. The van der Waals surface area contributed by atoms with Gasteiger partial charge >= 0.3 is 6.09 Å². The summed E-state index contributed by atoms with van der Waals surface area (Å²) in [6.45, 7) is 5.91. The van der Waals surface area contributed by atoms with Crippen LogP contribution in [0.5, 0.6) is 0 Å². The van der Waals surface area contributed by atoms with Crippen molar-refractivity contribution in [3.05, 3.63) is 24.0 Å². The molecule has 1 amide bonds. The summed E-state index contributed by atoms with van der Waals surface area (Å²) < 4.78 is 4.77. The average molecular weight is 210 g/mol. The highest BCUT2D eigenvalue weighted by Crippen LogP contribution is 2.27. The highest BCUT2D eigenvalue weighted by molar-refractivity contribution is 6.00. The lowest BCUT2D eigenvalue weighted by molar-refractivity contribution is 0.199. The first kappa shape index (κ1) is 11.3. The van der Waals surface area contributed by atoms with E-state index in [4.69, 9.17) is 15.3 Å². The summed E-state index contributed by atoms with van der Waals surface area (Å²) in [6, 6.07) is 0. The van der Waals surface area contributed by atoms with Crippen molar-refractivity contribution in [1.82, 2.24) is 0 Å². The summed E-state index contributed by atoms with van der Waals surface area (Å²) in [7, 11) is 0. The molecule has 1 rings (SSSR count). The van der Waals surface area contributed by atoms with Gasteiger partial charge in [0.15, 0.2) is 0 Å². The van der Waals surface area contributed by atoms with Crippen LogP contribution in [0.4, 0.5) is 4.79 Å². The molecule has 5 nitrogen and oxygen atoms in total. The van der Waals surface area contributed by atoms with Gasteiger partial charge in [0.2, 0.25) is 0 Å². The lowest BCUT2D eigenvalue weighted by Gasteiger charge is -2.21. The number of nitrogens with two attached hydrogens (primary N) is 1. The summed E-state index contributed by atoms with van der Waals surface area (Å²) >= 11 is 0. The van der Waals surface area contributed by atoms with E-state index in [1.54, 1.807) is 12.2 Å². The first-order valence-corrected chi connectivity index (χ1v) is 4.50. The minimum atomic E-state index is -0.908. The fraction of sp³-hybridized carbons (Fsp3) is 0.400. The summed E-state index contributed by atoms with van der Waals surface area (Å²) in [5, 5.41) is 3.65. The number of hydrogen-bond acceptors (Lipinski definition) is 4. The SMILES string of the molecule is CC(C)(C)C1=CC=CON=C1OC(N)=O. The standard InChI is InChI=1S/C10H14N2O3/c1-10(2,3)7-5-4-6-14-12-8(7)15-9(11)13/h4-6H,1-3H3,(H2,11,13). The minimum Gasteiger partial charge on any atom is -0.388 e. The van der Waals surface area contributed by atoms with Crippen molar-refractivity contribution in [3.63, 3.8) is 0 Å².